The van der Waals surface area contributed by atoms with Crippen molar-refractivity contribution < 1.29 is 4.79 Å². The minimum atomic E-state index is -0.168. The second-order valence-electron chi connectivity index (χ2n) is 6.47. The van der Waals surface area contributed by atoms with Crippen LogP contribution in [0.4, 0.5) is 0 Å². The lowest BCUT2D eigenvalue weighted by molar-refractivity contribution is -0.121. The van der Waals surface area contributed by atoms with Crippen molar-refractivity contribution in [1.29, 1.82) is 0 Å². The average molecular weight is 394 g/mol. The van der Waals surface area contributed by atoms with Crippen molar-refractivity contribution >= 4 is 17.7 Å². The molecule has 0 aliphatic heterocycles. The number of nitrogens with zero attached hydrogens (tertiary/aromatic N) is 1. The van der Waals surface area contributed by atoms with Crippen LogP contribution in [0.25, 0.3) is 0 Å². The van der Waals surface area contributed by atoms with Crippen LogP contribution < -0.4 is 10.9 Å². The Bertz CT molecular complexity index is 972. The number of rotatable bonds is 8. The number of aromatic nitrogens is 2. The van der Waals surface area contributed by atoms with E-state index in [1.165, 1.54) is 17.3 Å². The molecule has 2 N–H and O–H groups in total. The second-order valence-corrected chi connectivity index (χ2v) is 7.44. The fourth-order valence-corrected chi connectivity index (χ4v) is 3.66. The Morgan fingerprint density at radius 1 is 1.04 bits per heavy atom. The predicted molar refractivity (Wildman–Crippen MR) is 112 cm³/mol. The fourth-order valence-electron chi connectivity index (χ4n) is 2.80. The third-order valence-electron chi connectivity index (χ3n) is 4.35. The third-order valence-corrected chi connectivity index (χ3v) is 5.30. The number of carbonyl (C=O) groups is 1. The monoisotopic (exact) mass is 393 g/mol. The Morgan fingerprint density at radius 3 is 2.32 bits per heavy atom. The maximum absolute atomic E-state index is 12.4. The molecule has 2 aromatic carbocycles. The molecule has 144 valence electrons. The number of nitrogens with one attached hydrogen (secondary N) is 2. The van der Waals surface area contributed by atoms with Crippen molar-refractivity contribution in [3.8, 4) is 0 Å². The summed E-state index contributed by atoms with van der Waals surface area (Å²) in [6.07, 6.45) is 0.632. The number of thioether (sulfide) groups is 1. The van der Waals surface area contributed by atoms with Crippen LogP contribution in [-0.4, -0.2) is 15.9 Å². The maximum atomic E-state index is 12.4. The number of aromatic amines is 1. The standard InChI is InChI=1S/C22H23N3O2S/c1-16-19(12-13-20(26)23-14-17-8-4-2-5-9-17)21(27)25-22(24-16)28-15-18-10-6-3-7-11-18/h2-11H,12-15H2,1H3,(H,23,26)(H,24,25,27). The van der Waals surface area contributed by atoms with Crippen LogP contribution in [0.3, 0.4) is 0 Å². The van der Waals surface area contributed by atoms with Crippen LogP contribution in [0.2, 0.25) is 0 Å². The van der Waals surface area contributed by atoms with E-state index in [-0.39, 0.29) is 17.9 Å². The lowest BCUT2D eigenvalue weighted by Gasteiger charge is -2.08. The van der Waals surface area contributed by atoms with Gasteiger partial charge < -0.3 is 10.3 Å². The summed E-state index contributed by atoms with van der Waals surface area (Å²) in [7, 11) is 0. The Balaban J connectivity index is 1.54. The molecular formula is C22H23N3O2S. The summed E-state index contributed by atoms with van der Waals surface area (Å²) in [6.45, 7) is 2.31. The number of benzene rings is 2. The first kappa shape index (κ1) is 19.9. The van der Waals surface area contributed by atoms with E-state index in [0.29, 0.717) is 29.4 Å². The summed E-state index contributed by atoms with van der Waals surface area (Å²) in [5.41, 5.74) is 3.30. The molecule has 3 aromatic rings. The molecule has 0 bridgehead atoms. The lowest BCUT2D eigenvalue weighted by atomic mass is 10.1. The number of aryl methyl sites for hydroxylation is 1. The summed E-state index contributed by atoms with van der Waals surface area (Å²) in [6, 6.07) is 19.8. The van der Waals surface area contributed by atoms with Gasteiger partial charge in [0.15, 0.2) is 5.16 Å². The average Bonchev–Trinajstić information content (AvgIpc) is 2.71. The number of hydrogen-bond acceptors (Lipinski definition) is 4. The summed E-state index contributed by atoms with van der Waals surface area (Å²) in [4.78, 5) is 31.8. The van der Waals surface area contributed by atoms with E-state index in [2.05, 4.69) is 15.3 Å². The van der Waals surface area contributed by atoms with Crippen LogP contribution in [0, 0.1) is 6.92 Å². The van der Waals surface area contributed by atoms with E-state index in [1.54, 1.807) is 0 Å². The molecule has 5 nitrogen and oxygen atoms in total. The highest BCUT2D eigenvalue weighted by atomic mass is 32.2. The largest absolute Gasteiger partial charge is 0.352 e. The Morgan fingerprint density at radius 2 is 1.68 bits per heavy atom. The molecule has 1 heterocycles. The zero-order valence-corrected chi connectivity index (χ0v) is 16.6. The van der Waals surface area contributed by atoms with Crippen molar-refractivity contribution in [2.75, 3.05) is 0 Å². The predicted octanol–water partition coefficient (Wildman–Crippen LogP) is 3.62. The van der Waals surface area contributed by atoms with Gasteiger partial charge >= 0.3 is 0 Å². The molecule has 0 radical (unpaired) electrons. The molecule has 1 amide bonds. The molecule has 0 aliphatic rings. The Kier molecular flexibility index (Phi) is 7.03. The minimum absolute atomic E-state index is 0.0785. The number of amides is 1. The van der Waals surface area contributed by atoms with Crippen LogP contribution in [0.15, 0.2) is 70.6 Å². The van der Waals surface area contributed by atoms with Gasteiger partial charge in [-0.05, 0) is 24.5 Å². The molecule has 28 heavy (non-hydrogen) atoms. The van der Waals surface area contributed by atoms with Crippen molar-refractivity contribution in [2.45, 2.75) is 37.2 Å². The Labute approximate surface area is 168 Å². The van der Waals surface area contributed by atoms with Crippen LogP contribution in [-0.2, 0) is 23.5 Å². The van der Waals surface area contributed by atoms with E-state index in [9.17, 15) is 9.59 Å². The van der Waals surface area contributed by atoms with Gasteiger partial charge in [0.2, 0.25) is 5.91 Å². The lowest BCUT2D eigenvalue weighted by Crippen LogP contribution is -2.25. The zero-order valence-electron chi connectivity index (χ0n) is 15.8. The topological polar surface area (TPSA) is 74.8 Å². The smallest absolute Gasteiger partial charge is 0.254 e. The van der Waals surface area contributed by atoms with Gasteiger partial charge in [-0.3, -0.25) is 9.59 Å². The molecule has 3 rings (SSSR count). The van der Waals surface area contributed by atoms with Crippen molar-refractivity contribution in [1.82, 2.24) is 15.3 Å². The highest BCUT2D eigenvalue weighted by Gasteiger charge is 2.11. The first-order valence-corrected chi connectivity index (χ1v) is 10.2. The summed E-state index contributed by atoms with van der Waals surface area (Å²) < 4.78 is 0. The summed E-state index contributed by atoms with van der Waals surface area (Å²) >= 11 is 1.49. The van der Waals surface area contributed by atoms with Gasteiger partial charge in [-0.1, -0.05) is 72.4 Å². The molecular weight excluding hydrogens is 370 g/mol. The van der Waals surface area contributed by atoms with Crippen molar-refractivity contribution in [2.24, 2.45) is 0 Å². The van der Waals surface area contributed by atoms with Crippen LogP contribution in [0.1, 0.15) is 28.8 Å². The fraction of sp³-hybridized carbons (Fsp3) is 0.227. The normalized spacial score (nSPS) is 10.6. The maximum Gasteiger partial charge on any atom is 0.254 e. The first-order valence-electron chi connectivity index (χ1n) is 9.19. The number of H-pyrrole nitrogens is 1. The quantitative estimate of drug-likeness (QED) is 0.453. The molecule has 0 saturated heterocycles. The van der Waals surface area contributed by atoms with Gasteiger partial charge in [0, 0.05) is 30.0 Å². The van der Waals surface area contributed by atoms with Crippen LogP contribution >= 0.6 is 11.8 Å². The van der Waals surface area contributed by atoms with E-state index in [1.807, 2.05) is 67.6 Å². The highest BCUT2D eigenvalue weighted by molar-refractivity contribution is 7.98. The molecule has 0 unspecified atom stereocenters. The first-order chi connectivity index (χ1) is 13.6. The van der Waals surface area contributed by atoms with Gasteiger partial charge in [0.25, 0.3) is 5.56 Å². The Hall–Kier alpha value is -2.86. The second kappa shape index (κ2) is 9.90. The van der Waals surface area contributed by atoms with E-state index < -0.39 is 0 Å². The minimum Gasteiger partial charge on any atom is -0.352 e. The van der Waals surface area contributed by atoms with Gasteiger partial charge in [-0.25, -0.2) is 4.98 Å². The molecule has 0 aliphatic carbocycles. The van der Waals surface area contributed by atoms with Gasteiger partial charge in [0.05, 0.1) is 0 Å². The third kappa shape index (κ3) is 5.82. The van der Waals surface area contributed by atoms with E-state index in [0.717, 1.165) is 11.3 Å². The molecule has 0 atom stereocenters. The molecule has 0 fully saturated rings. The van der Waals surface area contributed by atoms with Crippen LogP contribution in [0.5, 0.6) is 0 Å². The van der Waals surface area contributed by atoms with Gasteiger partial charge in [0.1, 0.15) is 0 Å². The van der Waals surface area contributed by atoms with Crippen molar-refractivity contribution in [3.63, 3.8) is 0 Å². The molecule has 6 heteroatoms. The van der Waals surface area contributed by atoms with Gasteiger partial charge in [-0.2, -0.15) is 0 Å². The van der Waals surface area contributed by atoms with Crippen molar-refractivity contribution in [3.05, 3.63) is 93.4 Å². The number of carbonyl (C=O) groups excluding carboxylic acids is 1. The highest BCUT2D eigenvalue weighted by Crippen LogP contribution is 2.19. The molecule has 0 saturated carbocycles. The summed E-state index contributed by atoms with van der Waals surface area (Å²) in [5.74, 6) is 0.662. The molecule has 1 aromatic heterocycles. The zero-order chi connectivity index (χ0) is 19.8. The van der Waals surface area contributed by atoms with E-state index >= 15 is 0 Å². The van der Waals surface area contributed by atoms with Gasteiger partial charge in [-0.15, -0.1) is 0 Å². The summed E-state index contributed by atoms with van der Waals surface area (Å²) in [5, 5.41) is 3.48. The SMILES string of the molecule is Cc1nc(SCc2ccccc2)[nH]c(=O)c1CCC(=O)NCc1ccccc1. The molecule has 0 spiro atoms. The van der Waals surface area contributed by atoms with E-state index in [4.69, 9.17) is 0 Å². The number of hydrogen-bond donors (Lipinski definition) is 2.